The van der Waals surface area contributed by atoms with E-state index in [4.69, 9.17) is 16.4 Å². The molecule has 4 nitrogen and oxygen atoms in total. The van der Waals surface area contributed by atoms with Gasteiger partial charge in [0.25, 0.3) is 5.91 Å². The predicted octanol–water partition coefficient (Wildman–Crippen LogP) is 1.44. The first-order valence-corrected chi connectivity index (χ1v) is 5.14. The van der Waals surface area contributed by atoms with E-state index in [0.29, 0.717) is 0 Å². The Bertz CT molecular complexity index is 499. The van der Waals surface area contributed by atoms with Crippen molar-refractivity contribution in [1.29, 1.82) is 5.26 Å². The number of nitrogens with one attached hydrogen (secondary N) is 1. The maximum atomic E-state index is 12.7. The van der Waals surface area contributed by atoms with Crippen LogP contribution in [0, 0.1) is 29.5 Å². The van der Waals surface area contributed by atoms with Crippen LogP contribution in [-0.2, 0) is 4.74 Å². The number of rotatable bonds is 4. The largest absolute Gasteiger partial charge is 0.329 e. The van der Waals surface area contributed by atoms with Gasteiger partial charge >= 0.3 is 0 Å². The van der Waals surface area contributed by atoms with E-state index in [1.807, 2.05) is 0 Å². The molecule has 92 valence electrons. The van der Waals surface area contributed by atoms with Gasteiger partial charge in [0, 0.05) is 5.56 Å². The molecule has 2 atom stereocenters. The minimum Gasteiger partial charge on any atom is -0.329 e. The Hall–Kier alpha value is -2.37. The summed E-state index contributed by atoms with van der Waals surface area (Å²) in [5.41, 5.74) is 0.230. The standard InChI is InChI=1S/C13H11FN2O2/c1-3-9(2)18-12(8-15)16-13(17)10-4-6-11(14)7-5-10/h1,4-7,9,12H,2H3,(H,16,17). The van der Waals surface area contributed by atoms with Crippen LogP contribution in [0.1, 0.15) is 17.3 Å². The molecule has 0 aliphatic heterocycles. The summed E-state index contributed by atoms with van der Waals surface area (Å²) in [5.74, 6) is 1.30. The third kappa shape index (κ3) is 3.89. The fourth-order valence-electron chi connectivity index (χ4n) is 1.14. The van der Waals surface area contributed by atoms with Crippen LogP contribution in [0.2, 0.25) is 0 Å². The van der Waals surface area contributed by atoms with Gasteiger partial charge in [-0.15, -0.1) is 6.42 Å². The highest BCUT2D eigenvalue weighted by atomic mass is 19.1. The Kier molecular flexibility index (Phi) is 4.86. The average molecular weight is 246 g/mol. The van der Waals surface area contributed by atoms with Crippen LogP contribution in [0.3, 0.4) is 0 Å². The minimum absolute atomic E-state index is 0.230. The third-order valence-corrected chi connectivity index (χ3v) is 2.06. The minimum atomic E-state index is -1.14. The Morgan fingerprint density at radius 2 is 2.11 bits per heavy atom. The molecule has 1 aromatic rings. The lowest BCUT2D eigenvalue weighted by atomic mass is 10.2. The smallest absolute Gasteiger partial charge is 0.254 e. The van der Waals surface area contributed by atoms with E-state index in [9.17, 15) is 9.18 Å². The summed E-state index contributed by atoms with van der Waals surface area (Å²) in [6, 6.07) is 6.68. The number of nitrogens with zero attached hydrogens (tertiary/aromatic N) is 1. The van der Waals surface area contributed by atoms with Crippen LogP contribution in [-0.4, -0.2) is 18.2 Å². The topological polar surface area (TPSA) is 62.1 Å². The van der Waals surface area contributed by atoms with Gasteiger partial charge in [0.15, 0.2) is 0 Å². The second-order valence-corrected chi connectivity index (χ2v) is 3.43. The lowest BCUT2D eigenvalue weighted by Gasteiger charge is -2.14. The molecule has 0 fully saturated rings. The Morgan fingerprint density at radius 1 is 1.50 bits per heavy atom. The molecule has 0 spiro atoms. The molecule has 1 N–H and O–H groups in total. The van der Waals surface area contributed by atoms with E-state index in [1.54, 1.807) is 13.0 Å². The van der Waals surface area contributed by atoms with Crippen molar-refractivity contribution in [2.24, 2.45) is 0 Å². The number of hydrogen-bond donors (Lipinski definition) is 1. The molecule has 1 aromatic carbocycles. The first-order valence-electron chi connectivity index (χ1n) is 5.14. The highest BCUT2D eigenvalue weighted by Crippen LogP contribution is 2.03. The number of terminal acetylenes is 1. The Balaban J connectivity index is 2.66. The maximum Gasteiger partial charge on any atom is 0.254 e. The van der Waals surface area contributed by atoms with Gasteiger partial charge in [-0.2, -0.15) is 5.26 Å². The normalized spacial score (nSPS) is 12.9. The molecule has 1 rings (SSSR count). The highest BCUT2D eigenvalue weighted by Gasteiger charge is 2.15. The van der Waals surface area contributed by atoms with E-state index in [0.717, 1.165) is 12.1 Å². The van der Waals surface area contributed by atoms with Crippen molar-refractivity contribution >= 4 is 5.91 Å². The molecule has 0 aliphatic rings. The van der Waals surface area contributed by atoms with E-state index in [1.165, 1.54) is 12.1 Å². The number of carbonyl (C=O) groups is 1. The summed E-state index contributed by atoms with van der Waals surface area (Å²) in [4.78, 5) is 11.7. The molecule has 5 heteroatoms. The molecule has 0 radical (unpaired) electrons. The summed E-state index contributed by atoms with van der Waals surface area (Å²) in [7, 11) is 0. The first kappa shape index (κ1) is 13.7. The highest BCUT2D eigenvalue weighted by molar-refractivity contribution is 5.94. The van der Waals surface area contributed by atoms with E-state index >= 15 is 0 Å². The summed E-state index contributed by atoms with van der Waals surface area (Å²) in [5, 5.41) is 11.1. The fourth-order valence-corrected chi connectivity index (χ4v) is 1.14. The van der Waals surface area contributed by atoms with Crippen LogP contribution >= 0.6 is 0 Å². The number of carbonyl (C=O) groups excluding carboxylic acids is 1. The van der Waals surface area contributed by atoms with Crippen molar-refractivity contribution in [2.45, 2.75) is 19.3 Å². The summed E-state index contributed by atoms with van der Waals surface area (Å²) in [6.07, 6.45) is 3.36. The van der Waals surface area contributed by atoms with Crippen molar-refractivity contribution in [3.63, 3.8) is 0 Å². The second-order valence-electron chi connectivity index (χ2n) is 3.43. The zero-order valence-electron chi connectivity index (χ0n) is 9.68. The molecular formula is C13H11FN2O2. The van der Waals surface area contributed by atoms with Gasteiger partial charge < -0.3 is 10.1 Å². The van der Waals surface area contributed by atoms with Crippen LogP contribution in [0.4, 0.5) is 4.39 Å². The molecule has 0 saturated carbocycles. The van der Waals surface area contributed by atoms with Crippen molar-refractivity contribution in [3.05, 3.63) is 35.6 Å². The number of amides is 1. The molecular weight excluding hydrogens is 235 g/mol. The summed E-state index contributed by atoms with van der Waals surface area (Å²) >= 11 is 0. The zero-order valence-corrected chi connectivity index (χ0v) is 9.68. The van der Waals surface area contributed by atoms with Gasteiger partial charge in [-0.3, -0.25) is 4.79 Å². The third-order valence-electron chi connectivity index (χ3n) is 2.06. The maximum absolute atomic E-state index is 12.7. The number of hydrogen-bond acceptors (Lipinski definition) is 3. The van der Waals surface area contributed by atoms with Gasteiger partial charge in [-0.05, 0) is 31.2 Å². The molecule has 0 bridgehead atoms. The molecule has 0 aliphatic carbocycles. The first-order chi connectivity index (χ1) is 8.56. The van der Waals surface area contributed by atoms with Gasteiger partial charge in [0.1, 0.15) is 18.0 Å². The molecule has 0 saturated heterocycles. The van der Waals surface area contributed by atoms with Crippen LogP contribution in [0.15, 0.2) is 24.3 Å². The Morgan fingerprint density at radius 3 is 2.61 bits per heavy atom. The fraction of sp³-hybridized carbons (Fsp3) is 0.231. The molecule has 18 heavy (non-hydrogen) atoms. The van der Waals surface area contributed by atoms with Crippen molar-refractivity contribution < 1.29 is 13.9 Å². The zero-order chi connectivity index (χ0) is 13.5. The predicted molar refractivity (Wildman–Crippen MR) is 62.6 cm³/mol. The summed E-state index contributed by atoms with van der Waals surface area (Å²) in [6.45, 7) is 1.58. The SMILES string of the molecule is C#CC(C)OC(C#N)NC(=O)c1ccc(F)cc1. The van der Waals surface area contributed by atoms with Crippen molar-refractivity contribution in [3.8, 4) is 18.4 Å². The number of ether oxygens (including phenoxy) is 1. The molecule has 2 unspecified atom stereocenters. The van der Waals surface area contributed by atoms with Crippen LogP contribution in [0.5, 0.6) is 0 Å². The quantitative estimate of drug-likeness (QED) is 0.646. The summed E-state index contributed by atoms with van der Waals surface area (Å²) < 4.78 is 17.7. The van der Waals surface area contributed by atoms with Crippen LogP contribution < -0.4 is 5.32 Å². The molecule has 0 heterocycles. The molecule has 1 amide bonds. The number of benzene rings is 1. The number of nitriles is 1. The molecule has 0 aromatic heterocycles. The van der Waals surface area contributed by atoms with Gasteiger partial charge in [-0.25, -0.2) is 4.39 Å². The lowest BCUT2D eigenvalue weighted by Crippen LogP contribution is -2.37. The van der Waals surface area contributed by atoms with Gasteiger partial charge in [0.05, 0.1) is 0 Å². The van der Waals surface area contributed by atoms with Crippen molar-refractivity contribution in [2.75, 3.05) is 0 Å². The van der Waals surface area contributed by atoms with E-state index in [-0.39, 0.29) is 5.56 Å². The van der Waals surface area contributed by atoms with E-state index in [2.05, 4.69) is 11.2 Å². The second kappa shape index (κ2) is 6.39. The monoisotopic (exact) mass is 246 g/mol. The van der Waals surface area contributed by atoms with Crippen molar-refractivity contribution in [1.82, 2.24) is 5.32 Å². The van der Waals surface area contributed by atoms with Gasteiger partial charge in [-0.1, -0.05) is 5.92 Å². The van der Waals surface area contributed by atoms with Gasteiger partial charge in [0.2, 0.25) is 6.23 Å². The average Bonchev–Trinajstić information content (AvgIpc) is 2.38. The lowest BCUT2D eigenvalue weighted by molar-refractivity contribution is 0.0376. The van der Waals surface area contributed by atoms with E-state index < -0.39 is 24.1 Å². The van der Waals surface area contributed by atoms with Crippen LogP contribution in [0.25, 0.3) is 0 Å². The Labute approximate surface area is 104 Å². The number of halogens is 1.